The zero-order chi connectivity index (χ0) is 16.7. The Hall–Kier alpha value is -1.57. The molecule has 2 bridgehead atoms. The third-order valence-corrected chi connectivity index (χ3v) is 4.72. The minimum Gasteiger partial charge on any atom is -0.389 e. The minimum absolute atomic E-state index is 0.126. The molecule has 1 saturated carbocycles. The maximum atomic E-state index is 12.7. The van der Waals surface area contributed by atoms with E-state index in [-0.39, 0.29) is 6.61 Å². The Kier molecular flexibility index (Phi) is 4.12. The maximum absolute atomic E-state index is 12.7. The first-order valence-corrected chi connectivity index (χ1v) is 7.40. The number of fused-ring (bicyclic) bond motifs is 2. The highest BCUT2D eigenvalue weighted by atomic mass is 16.7. The minimum atomic E-state index is -1.79. The lowest BCUT2D eigenvalue weighted by molar-refractivity contribution is -0.331. The zero-order valence-electron chi connectivity index (χ0n) is 13.0. The second-order valence-electron chi connectivity index (χ2n) is 5.78. The Morgan fingerprint density at radius 2 is 1.78 bits per heavy atom. The van der Waals surface area contributed by atoms with Crippen molar-refractivity contribution in [1.82, 2.24) is 0 Å². The summed E-state index contributed by atoms with van der Waals surface area (Å²) < 4.78 is 16.7. The van der Waals surface area contributed by atoms with E-state index >= 15 is 0 Å². The number of Topliss-reactive ketones (excluding diaryl/α,β-unsaturated/α-hetero) is 1. The summed E-state index contributed by atoms with van der Waals surface area (Å²) in [5.74, 6) is -3.14. The molecule has 0 spiro atoms. The molecule has 23 heavy (non-hydrogen) atoms. The van der Waals surface area contributed by atoms with E-state index in [0.717, 1.165) is 5.56 Å². The van der Waals surface area contributed by atoms with Crippen LogP contribution in [0.15, 0.2) is 42.5 Å². The molecule has 0 unspecified atom stereocenters. The number of carbonyl (C=O) groups excluding carboxylic acids is 1. The van der Waals surface area contributed by atoms with Gasteiger partial charge in [-0.15, -0.1) is 0 Å². The van der Waals surface area contributed by atoms with Crippen LogP contribution in [0, 0.1) is 5.92 Å². The Morgan fingerprint density at radius 3 is 2.39 bits per heavy atom. The van der Waals surface area contributed by atoms with E-state index in [2.05, 4.69) is 0 Å². The molecule has 0 saturated heterocycles. The third-order valence-electron chi connectivity index (χ3n) is 4.72. The number of ether oxygens (including phenoxy) is 3. The van der Waals surface area contributed by atoms with E-state index in [1.165, 1.54) is 14.2 Å². The summed E-state index contributed by atoms with van der Waals surface area (Å²) in [5.41, 5.74) is -0.754. The molecule has 3 aliphatic carbocycles. The lowest BCUT2D eigenvalue weighted by Crippen LogP contribution is -2.77. The van der Waals surface area contributed by atoms with Crippen LogP contribution < -0.4 is 0 Å². The van der Waals surface area contributed by atoms with Crippen molar-refractivity contribution in [2.75, 3.05) is 14.2 Å². The van der Waals surface area contributed by atoms with Crippen molar-refractivity contribution in [2.24, 2.45) is 5.92 Å². The van der Waals surface area contributed by atoms with Gasteiger partial charge >= 0.3 is 0 Å². The number of hydrogen-bond acceptors (Lipinski definition) is 6. The molecule has 3 aliphatic rings. The summed E-state index contributed by atoms with van der Waals surface area (Å²) in [4.78, 5) is 12.7. The van der Waals surface area contributed by atoms with Crippen molar-refractivity contribution >= 4 is 5.78 Å². The van der Waals surface area contributed by atoms with Crippen LogP contribution >= 0.6 is 0 Å². The smallest absolute Gasteiger partial charge is 0.265 e. The van der Waals surface area contributed by atoms with Gasteiger partial charge in [-0.05, 0) is 11.6 Å². The van der Waals surface area contributed by atoms with E-state index in [1.54, 1.807) is 12.2 Å². The van der Waals surface area contributed by atoms with E-state index < -0.39 is 35.3 Å². The third kappa shape index (κ3) is 2.10. The Labute approximate surface area is 134 Å². The van der Waals surface area contributed by atoms with Gasteiger partial charge in [0, 0.05) is 14.2 Å². The van der Waals surface area contributed by atoms with Crippen molar-refractivity contribution in [1.29, 1.82) is 0 Å². The van der Waals surface area contributed by atoms with Gasteiger partial charge in [-0.3, -0.25) is 4.79 Å². The quantitative estimate of drug-likeness (QED) is 0.604. The standard InChI is InChI=1S/C17H20O6/c1-21-17(22-2)14(19)12-8-9-16(17,15(20)13(12)18)23-10-11-6-4-3-5-7-11/h3-9,12-13,15,18,20H,10H2,1-2H3/t12-,13-,15+,16-/m0/s1. The average Bonchev–Trinajstić information content (AvgIpc) is 2.59. The average molecular weight is 320 g/mol. The normalized spacial score (nSPS) is 34.8. The summed E-state index contributed by atoms with van der Waals surface area (Å²) in [5, 5.41) is 20.8. The highest BCUT2D eigenvalue weighted by molar-refractivity contribution is 5.95. The molecular formula is C17H20O6. The number of benzene rings is 1. The van der Waals surface area contributed by atoms with E-state index in [9.17, 15) is 15.0 Å². The van der Waals surface area contributed by atoms with Crippen LogP contribution in [0.5, 0.6) is 0 Å². The van der Waals surface area contributed by atoms with Crippen molar-refractivity contribution in [3.05, 3.63) is 48.0 Å². The summed E-state index contributed by atoms with van der Waals surface area (Å²) in [6.45, 7) is 0.126. The largest absolute Gasteiger partial charge is 0.389 e. The van der Waals surface area contributed by atoms with Crippen molar-refractivity contribution in [3.8, 4) is 0 Å². The summed E-state index contributed by atoms with van der Waals surface area (Å²) in [6, 6.07) is 9.33. The van der Waals surface area contributed by atoms with Crippen molar-refractivity contribution in [2.45, 2.75) is 30.2 Å². The van der Waals surface area contributed by atoms with Crippen LogP contribution in [-0.4, -0.2) is 53.8 Å². The van der Waals surface area contributed by atoms with Gasteiger partial charge < -0.3 is 24.4 Å². The van der Waals surface area contributed by atoms with Gasteiger partial charge in [0.05, 0.1) is 18.6 Å². The number of carbonyl (C=O) groups is 1. The number of rotatable bonds is 5. The molecular weight excluding hydrogens is 300 g/mol. The first-order valence-electron chi connectivity index (χ1n) is 7.40. The number of aliphatic hydroxyl groups excluding tert-OH is 2. The fourth-order valence-corrected chi connectivity index (χ4v) is 3.48. The van der Waals surface area contributed by atoms with Crippen LogP contribution in [-0.2, 0) is 25.6 Å². The summed E-state index contributed by atoms with van der Waals surface area (Å²) in [6.07, 6.45) is 0.494. The van der Waals surface area contributed by atoms with Crippen LogP contribution in [0.4, 0.5) is 0 Å². The monoisotopic (exact) mass is 320 g/mol. The first kappa shape index (κ1) is 16.3. The molecule has 1 fully saturated rings. The Morgan fingerprint density at radius 1 is 1.13 bits per heavy atom. The highest BCUT2D eigenvalue weighted by Gasteiger charge is 2.71. The van der Waals surface area contributed by atoms with Crippen LogP contribution in [0.25, 0.3) is 0 Å². The van der Waals surface area contributed by atoms with E-state index in [0.29, 0.717) is 0 Å². The molecule has 4 rings (SSSR count). The fraction of sp³-hybridized carbons (Fsp3) is 0.471. The van der Waals surface area contributed by atoms with Gasteiger partial charge in [-0.2, -0.15) is 0 Å². The summed E-state index contributed by atoms with van der Waals surface area (Å²) in [7, 11) is 2.64. The van der Waals surface area contributed by atoms with Gasteiger partial charge in [0.1, 0.15) is 6.10 Å². The second kappa shape index (κ2) is 5.81. The number of ketones is 1. The molecule has 4 atom stereocenters. The molecule has 0 radical (unpaired) electrons. The molecule has 0 aliphatic heterocycles. The van der Waals surface area contributed by atoms with Gasteiger partial charge in [0.25, 0.3) is 5.79 Å². The lowest BCUT2D eigenvalue weighted by Gasteiger charge is -2.56. The van der Waals surface area contributed by atoms with Gasteiger partial charge in [0.2, 0.25) is 5.78 Å². The number of hydrogen-bond donors (Lipinski definition) is 2. The van der Waals surface area contributed by atoms with Crippen LogP contribution in [0.2, 0.25) is 0 Å². The molecule has 1 aromatic carbocycles. The second-order valence-corrected chi connectivity index (χ2v) is 5.78. The molecule has 6 nitrogen and oxygen atoms in total. The van der Waals surface area contributed by atoms with Crippen molar-refractivity contribution in [3.63, 3.8) is 0 Å². The molecule has 1 aromatic rings. The Bertz CT molecular complexity index is 609. The van der Waals surface area contributed by atoms with Crippen LogP contribution in [0.3, 0.4) is 0 Å². The molecule has 6 heteroatoms. The maximum Gasteiger partial charge on any atom is 0.265 e. The predicted molar refractivity (Wildman–Crippen MR) is 80.4 cm³/mol. The molecule has 0 aromatic heterocycles. The molecule has 2 N–H and O–H groups in total. The molecule has 124 valence electrons. The first-order chi connectivity index (χ1) is 11.0. The van der Waals surface area contributed by atoms with E-state index in [1.807, 2.05) is 30.3 Å². The number of methoxy groups -OCH3 is 2. The van der Waals surface area contributed by atoms with Gasteiger partial charge in [-0.1, -0.05) is 36.4 Å². The zero-order valence-corrected chi connectivity index (χ0v) is 13.0. The summed E-state index contributed by atoms with van der Waals surface area (Å²) >= 11 is 0. The van der Waals surface area contributed by atoms with Crippen LogP contribution in [0.1, 0.15) is 5.56 Å². The van der Waals surface area contributed by atoms with Gasteiger partial charge in [0.15, 0.2) is 5.60 Å². The highest BCUT2D eigenvalue weighted by Crippen LogP contribution is 2.49. The topological polar surface area (TPSA) is 85.2 Å². The fourth-order valence-electron chi connectivity index (χ4n) is 3.48. The predicted octanol–water partition coefficient (Wildman–Crippen LogP) is 0.422. The molecule has 0 amide bonds. The molecule has 0 heterocycles. The SMILES string of the molecule is COC1(OC)C(=O)[C@H]2C=C[C@]1(OCc1ccccc1)[C@H](O)[C@H]2O. The van der Waals surface area contributed by atoms with Gasteiger partial charge in [-0.25, -0.2) is 0 Å². The van der Waals surface area contributed by atoms with Crippen molar-refractivity contribution < 1.29 is 29.2 Å². The number of aliphatic hydroxyl groups is 2. The van der Waals surface area contributed by atoms with E-state index in [4.69, 9.17) is 14.2 Å². The lowest BCUT2D eigenvalue weighted by atomic mass is 9.64. The Balaban J connectivity index is 2.01.